The first-order valence-electron chi connectivity index (χ1n) is 9.57. The van der Waals surface area contributed by atoms with Gasteiger partial charge in [-0.05, 0) is 54.6 Å². The molecule has 0 aliphatic heterocycles. The maximum Gasteiger partial charge on any atom is 0.289 e. The molecule has 2 aromatic heterocycles. The average Bonchev–Trinajstić information content (AvgIpc) is 3.24. The summed E-state index contributed by atoms with van der Waals surface area (Å²) in [5.41, 5.74) is 0.0221. The molecule has 0 aliphatic carbocycles. The summed E-state index contributed by atoms with van der Waals surface area (Å²) in [6, 6.07) is 20.7. The molecule has 164 valence electrons. The minimum absolute atomic E-state index is 0.0111. The summed E-state index contributed by atoms with van der Waals surface area (Å²) in [7, 11) is -4.26. The maximum absolute atomic E-state index is 13.6. The van der Waals surface area contributed by atoms with Crippen LogP contribution in [0.2, 0.25) is 10.0 Å². The van der Waals surface area contributed by atoms with E-state index in [4.69, 9.17) is 23.2 Å². The number of aromatic nitrogens is 5. The Labute approximate surface area is 197 Å². The van der Waals surface area contributed by atoms with Crippen LogP contribution in [-0.2, 0) is 9.84 Å². The largest absolute Gasteiger partial charge is 0.289 e. The van der Waals surface area contributed by atoms with E-state index in [2.05, 4.69) is 15.3 Å². The van der Waals surface area contributed by atoms with E-state index in [1.165, 1.54) is 35.0 Å². The Morgan fingerprint density at radius 3 is 2.18 bits per heavy atom. The number of para-hydroxylation sites is 1. The Bertz CT molecular complexity index is 1660. The lowest BCUT2D eigenvalue weighted by molar-refractivity contribution is 0.580. The first kappa shape index (κ1) is 21.3. The molecule has 0 spiro atoms. The number of nitrogens with zero attached hydrogens (tertiary/aromatic N) is 5. The number of benzene rings is 3. The van der Waals surface area contributed by atoms with Crippen molar-refractivity contribution in [1.29, 1.82) is 0 Å². The van der Waals surface area contributed by atoms with Crippen molar-refractivity contribution in [3.63, 3.8) is 0 Å². The fourth-order valence-corrected chi connectivity index (χ4v) is 4.99. The maximum atomic E-state index is 13.6. The van der Waals surface area contributed by atoms with Gasteiger partial charge in [0, 0.05) is 10.0 Å². The summed E-state index contributed by atoms with van der Waals surface area (Å²) >= 11 is 12.0. The molecule has 33 heavy (non-hydrogen) atoms. The van der Waals surface area contributed by atoms with Gasteiger partial charge in [-0.25, -0.2) is 13.0 Å². The highest BCUT2D eigenvalue weighted by molar-refractivity contribution is 7.91. The molecule has 8 nitrogen and oxygen atoms in total. The van der Waals surface area contributed by atoms with Crippen molar-refractivity contribution in [1.82, 2.24) is 24.5 Å². The first-order chi connectivity index (χ1) is 15.9. The predicted octanol–water partition coefficient (Wildman–Crippen LogP) is 4.11. The smallest absolute Gasteiger partial charge is 0.266 e. The molecule has 5 rings (SSSR count). The van der Waals surface area contributed by atoms with Crippen molar-refractivity contribution in [2.45, 2.75) is 10.1 Å². The standard InChI is InChI=1S/C22H13Cl2N5O3S/c23-14-9-11-18(12-10-14)33(31,32)22-25-20-19(26-27-29(20)16-6-2-1-3-7-16)21(30)28(22)17-8-4-5-15(24)13-17/h1-13H. The van der Waals surface area contributed by atoms with Gasteiger partial charge in [0.1, 0.15) is 0 Å². The highest BCUT2D eigenvalue weighted by atomic mass is 35.5. The van der Waals surface area contributed by atoms with E-state index in [1.807, 2.05) is 6.07 Å². The SMILES string of the molecule is O=c1c2nnn(-c3ccccc3)c2nc(S(=O)(=O)c2ccc(Cl)cc2)n1-c1cccc(Cl)c1. The van der Waals surface area contributed by atoms with Gasteiger partial charge < -0.3 is 0 Å². The van der Waals surface area contributed by atoms with Crippen LogP contribution in [0, 0.1) is 0 Å². The number of halogens is 2. The van der Waals surface area contributed by atoms with Crippen LogP contribution in [-0.4, -0.2) is 33.0 Å². The van der Waals surface area contributed by atoms with Gasteiger partial charge in [0.05, 0.1) is 16.3 Å². The Kier molecular flexibility index (Phi) is 5.24. The molecule has 0 N–H and O–H groups in total. The molecule has 0 radical (unpaired) electrons. The van der Waals surface area contributed by atoms with E-state index in [0.29, 0.717) is 15.7 Å². The molecule has 0 saturated heterocycles. The molecule has 0 fully saturated rings. The lowest BCUT2D eigenvalue weighted by Crippen LogP contribution is -2.27. The van der Waals surface area contributed by atoms with Crippen LogP contribution >= 0.6 is 23.2 Å². The molecular weight excluding hydrogens is 485 g/mol. The van der Waals surface area contributed by atoms with Crippen molar-refractivity contribution in [2.24, 2.45) is 0 Å². The molecular formula is C22H13Cl2N5O3S. The van der Waals surface area contributed by atoms with Crippen LogP contribution in [0.1, 0.15) is 0 Å². The number of hydrogen-bond acceptors (Lipinski definition) is 6. The van der Waals surface area contributed by atoms with Crippen LogP contribution in [0.4, 0.5) is 0 Å². The molecule has 0 amide bonds. The van der Waals surface area contributed by atoms with Crippen molar-refractivity contribution < 1.29 is 8.42 Å². The molecule has 2 heterocycles. The van der Waals surface area contributed by atoms with Crippen molar-refractivity contribution in [2.75, 3.05) is 0 Å². The molecule has 0 bridgehead atoms. The van der Waals surface area contributed by atoms with Crippen molar-refractivity contribution >= 4 is 44.2 Å². The zero-order chi connectivity index (χ0) is 23.2. The summed E-state index contributed by atoms with van der Waals surface area (Å²) < 4.78 is 29.6. The van der Waals surface area contributed by atoms with E-state index < -0.39 is 20.6 Å². The molecule has 0 saturated carbocycles. The summed E-state index contributed by atoms with van der Waals surface area (Å²) in [4.78, 5) is 17.8. The van der Waals surface area contributed by atoms with Gasteiger partial charge in [0.25, 0.3) is 5.56 Å². The fraction of sp³-hybridized carbons (Fsp3) is 0. The summed E-state index contributed by atoms with van der Waals surface area (Å²) in [6.07, 6.45) is 0. The minimum Gasteiger partial charge on any atom is -0.266 e. The topological polar surface area (TPSA) is 99.7 Å². The lowest BCUT2D eigenvalue weighted by atomic mass is 10.3. The normalized spacial score (nSPS) is 11.7. The Hall–Kier alpha value is -3.53. The van der Waals surface area contributed by atoms with Gasteiger partial charge in [0.15, 0.2) is 11.2 Å². The van der Waals surface area contributed by atoms with Crippen LogP contribution in [0.5, 0.6) is 0 Å². The zero-order valence-corrected chi connectivity index (χ0v) is 19.0. The van der Waals surface area contributed by atoms with Gasteiger partial charge in [-0.3, -0.25) is 4.79 Å². The quantitative estimate of drug-likeness (QED) is 0.346. The highest BCUT2D eigenvalue weighted by Crippen LogP contribution is 2.25. The molecule has 11 heteroatoms. The summed E-state index contributed by atoms with van der Waals surface area (Å²) in [5.74, 6) is 0. The van der Waals surface area contributed by atoms with Crippen LogP contribution in [0.15, 0.2) is 93.7 Å². The van der Waals surface area contributed by atoms with Gasteiger partial charge in [0.2, 0.25) is 15.0 Å². The average molecular weight is 498 g/mol. The number of rotatable bonds is 4. The monoisotopic (exact) mass is 497 g/mol. The van der Waals surface area contributed by atoms with Crippen LogP contribution in [0.25, 0.3) is 22.5 Å². The number of sulfone groups is 1. The van der Waals surface area contributed by atoms with E-state index in [9.17, 15) is 13.2 Å². The third-order valence-electron chi connectivity index (χ3n) is 4.88. The van der Waals surface area contributed by atoms with Crippen LogP contribution in [0.3, 0.4) is 0 Å². The lowest BCUT2D eigenvalue weighted by Gasteiger charge is -2.13. The van der Waals surface area contributed by atoms with Crippen molar-refractivity contribution in [3.05, 3.63) is 99.3 Å². The number of hydrogen-bond donors (Lipinski definition) is 0. The van der Waals surface area contributed by atoms with E-state index >= 15 is 0 Å². The van der Waals surface area contributed by atoms with Crippen molar-refractivity contribution in [3.8, 4) is 11.4 Å². The molecule has 5 aromatic rings. The second-order valence-corrected chi connectivity index (χ2v) is 9.70. The molecule has 0 unspecified atom stereocenters. The third kappa shape index (κ3) is 3.70. The van der Waals surface area contributed by atoms with Gasteiger partial charge in [-0.1, -0.05) is 52.7 Å². The summed E-state index contributed by atoms with van der Waals surface area (Å²) in [6.45, 7) is 0. The van der Waals surface area contributed by atoms with Gasteiger partial charge >= 0.3 is 0 Å². The Morgan fingerprint density at radius 1 is 0.788 bits per heavy atom. The van der Waals surface area contributed by atoms with Gasteiger partial charge in [-0.15, -0.1) is 5.10 Å². The molecule has 0 atom stereocenters. The first-order valence-corrected chi connectivity index (χ1v) is 11.8. The molecule has 0 aliphatic rings. The second-order valence-electron chi connectivity index (χ2n) is 6.98. The second kappa shape index (κ2) is 8.11. The Morgan fingerprint density at radius 2 is 1.48 bits per heavy atom. The van der Waals surface area contributed by atoms with E-state index in [-0.39, 0.29) is 21.7 Å². The van der Waals surface area contributed by atoms with E-state index in [1.54, 1.807) is 42.5 Å². The predicted molar refractivity (Wildman–Crippen MR) is 124 cm³/mol. The molecule has 3 aromatic carbocycles. The third-order valence-corrected chi connectivity index (χ3v) is 7.01. The fourth-order valence-electron chi connectivity index (χ4n) is 3.33. The summed E-state index contributed by atoms with van der Waals surface area (Å²) in [5, 5.41) is 8.22. The Balaban J connectivity index is 1.88. The highest BCUT2D eigenvalue weighted by Gasteiger charge is 2.29. The van der Waals surface area contributed by atoms with Gasteiger partial charge in [-0.2, -0.15) is 9.67 Å². The minimum atomic E-state index is -4.26. The van der Waals surface area contributed by atoms with Crippen LogP contribution < -0.4 is 5.56 Å². The zero-order valence-electron chi connectivity index (χ0n) is 16.6. The number of fused-ring (bicyclic) bond motifs is 1. The van der Waals surface area contributed by atoms with E-state index in [0.717, 1.165) is 4.57 Å².